The van der Waals surface area contributed by atoms with E-state index in [4.69, 9.17) is 37.4 Å². The Labute approximate surface area is 207 Å². The zero-order valence-electron chi connectivity index (χ0n) is 18.5. The van der Waals surface area contributed by atoms with Gasteiger partial charge in [-0.3, -0.25) is 4.79 Å². The molecule has 0 radical (unpaired) electrons. The summed E-state index contributed by atoms with van der Waals surface area (Å²) in [5.41, 5.74) is 4.23. The number of carbonyl (C=O) groups excluding carboxylic acids is 2. The van der Waals surface area contributed by atoms with Crippen LogP contribution < -0.4 is 19.6 Å². The average molecular weight is 501 g/mol. The zero-order chi connectivity index (χ0) is 24.5. The van der Waals surface area contributed by atoms with Crippen molar-refractivity contribution >= 4 is 41.3 Å². The second-order valence-electron chi connectivity index (χ2n) is 7.05. The van der Waals surface area contributed by atoms with Crippen LogP contribution >= 0.6 is 23.2 Å². The molecule has 3 rings (SSSR count). The van der Waals surface area contributed by atoms with Crippen molar-refractivity contribution in [3.63, 3.8) is 0 Å². The largest absolute Gasteiger partial charge is 0.490 e. The molecule has 3 aromatic rings. The van der Waals surface area contributed by atoms with Gasteiger partial charge in [-0.15, -0.1) is 0 Å². The van der Waals surface area contributed by atoms with Crippen LogP contribution in [-0.4, -0.2) is 31.3 Å². The predicted octanol–water partition coefficient (Wildman–Crippen LogP) is 5.45. The van der Waals surface area contributed by atoms with E-state index in [9.17, 15) is 9.59 Å². The van der Waals surface area contributed by atoms with E-state index < -0.39 is 11.9 Å². The van der Waals surface area contributed by atoms with E-state index in [1.807, 2.05) is 25.1 Å². The lowest BCUT2D eigenvalue weighted by molar-refractivity contribution is -0.123. The quantitative estimate of drug-likeness (QED) is 0.182. The molecule has 1 amide bonds. The molecule has 3 aromatic carbocycles. The van der Waals surface area contributed by atoms with Crippen molar-refractivity contribution in [2.75, 3.05) is 13.2 Å². The first-order valence-electron chi connectivity index (χ1n) is 10.3. The number of hydrogen-bond acceptors (Lipinski definition) is 6. The molecule has 0 saturated heterocycles. The molecule has 0 aliphatic heterocycles. The molecule has 0 unspecified atom stereocenters. The number of nitrogens with zero attached hydrogens (tertiary/aromatic N) is 1. The summed E-state index contributed by atoms with van der Waals surface area (Å²) in [5, 5.41) is 4.53. The Morgan fingerprint density at radius 3 is 2.56 bits per heavy atom. The molecule has 176 valence electrons. The molecule has 1 N–H and O–H groups in total. The summed E-state index contributed by atoms with van der Waals surface area (Å²) in [6.45, 7) is 3.91. The van der Waals surface area contributed by atoms with Crippen LogP contribution in [0.3, 0.4) is 0 Å². The minimum Gasteiger partial charge on any atom is -0.490 e. The van der Waals surface area contributed by atoms with E-state index in [-0.39, 0.29) is 22.9 Å². The number of rotatable bonds is 9. The van der Waals surface area contributed by atoms with Gasteiger partial charge < -0.3 is 14.2 Å². The highest BCUT2D eigenvalue weighted by Gasteiger charge is 2.16. The third-order valence-corrected chi connectivity index (χ3v) is 4.93. The first-order valence-corrected chi connectivity index (χ1v) is 11.1. The molecule has 0 bridgehead atoms. The highest BCUT2D eigenvalue weighted by Crippen LogP contribution is 2.30. The van der Waals surface area contributed by atoms with Gasteiger partial charge in [0.05, 0.1) is 23.4 Å². The predicted molar refractivity (Wildman–Crippen MR) is 131 cm³/mol. The smallest absolute Gasteiger partial charge is 0.345 e. The topological polar surface area (TPSA) is 86.2 Å². The van der Waals surface area contributed by atoms with Crippen molar-refractivity contribution in [1.82, 2.24) is 5.43 Å². The Morgan fingerprint density at radius 2 is 1.82 bits per heavy atom. The van der Waals surface area contributed by atoms with Gasteiger partial charge in [-0.25, -0.2) is 10.2 Å². The third-order valence-electron chi connectivity index (χ3n) is 4.38. The maximum absolute atomic E-state index is 12.5. The summed E-state index contributed by atoms with van der Waals surface area (Å²) in [4.78, 5) is 24.5. The van der Waals surface area contributed by atoms with Crippen molar-refractivity contribution in [3.8, 4) is 17.2 Å². The summed E-state index contributed by atoms with van der Waals surface area (Å²) < 4.78 is 16.5. The lowest BCUT2D eigenvalue weighted by atomic mass is 10.2. The van der Waals surface area contributed by atoms with Crippen molar-refractivity contribution < 1.29 is 23.8 Å². The minimum atomic E-state index is -0.648. The SMILES string of the molecule is CCOc1cc(C=NNC(=O)COc2cccc(C)c2)ccc1OC(=O)c1ccc(Cl)cc1Cl. The monoisotopic (exact) mass is 500 g/mol. The Morgan fingerprint density at radius 1 is 1.00 bits per heavy atom. The molecule has 9 heteroatoms. The maximum Gasteiger partial charge on any atom is 0.345 e. The second-order valence-corrected chi connectivity index (χ2v) is 7.89. The summed E-state index contributed by atoms with van der Waals surface area (Å²) in [7, 11) is 0. The van der Waals surface area contributed by atoms with Gasteiger partial charge in [0.15, 0.2) is 18.1 Å². The fraction of sp³-hybridized carbons (Fsp3) is 0.160. The van der Waals surface area contributed by atoms with Gasteiger partial charge in [0.1, 0.15) is 5.75 Å². The van der Waals surface area contributed by atoms with E-state index in [1.165, 1.54) is 18.3 Å². The van der Waals surface area contributed by atoms with Crippen LogP contribution in [0.25, 0.3) is 0 Å². The molecule has 0 aliphatic carbocycles. The summed E-state index contributed by atoms with van der Waals surface area (Å²) in [6, 6.07) is 16.7. The van der Waals surface area contributed by atoms with E-state index in [0.29, 0.717) is 28.7 Å². The lowest BCUT2D eigenvalue weighted by Gasteiger charge is -2.12. The number of carbonyl (C=O) groups is 2. The number of halogens is 2. The third kappa shape index (κ3) is 7.23. The summed E-state index contributed by atoms with van der Waals surface area (Å²) >= 11 is 12.0. The van der Waals surface area contributed by atoms with Crippen molar-refractivity contribution in [2.45, 2.75) is 13.8 Å². The Bertz CT molecular complexity index is 1210. The molecular weight excluding hydrogens is 479 g/mol. The Hall–Kier alpha value is -3.55. The second kappa shape index (κ2) is 12.1. The van der Waals surface area contributed by atoms with Gasteiger partial charge in [0, 0.05) is 5.02 Å². The highest BCUT2D eigenvalue weighted by atomic mass is 35.5. The van der Waals surface area contributed by atoms with Crippen LogP contribution in [0.15, 0.2) is 65.8 Å². The van der Waals surface area contributed by atoms with Crippen LogP contribution in [0.4, 0.5) is 0 Å². The molecule has 0 aromatic heterocycles. The van der Waals surface area contributed by atoms with Crippen LogP contribution in [0, 0.1) is 6.92 Å². The van der Waals surface area contributed by atoms with Gasteiger partial charge in [-0.1, -0.05) is 35.3 Å². The summed E-state index contributed by atoms with van der Waals surface area (Å²) in [6.07, 6.45) is 1.44. The van der Waals surface area contributed by atoms with Gasteiger partial charge >= 0.3 is 5.97 Å². The van der Waals surface area contributed by atoms with E-state index >= 15 is 0 Å². The maximum atomic E-state index is 12.5. The van der Waals surface area contributed by atoms with Crippen LogP contribution in [0.5, 0.6) is 17.2 Å². The molecular formula is C25H22Cl2N2O5. The first-order chi connectivity index (χ1) is 16.4. The van der Waals surface area contributed by atoms with E-state index in [2.05, 4.69) is 10.5 Å². The van der Waals surface area contributed by atoms with Crippen molar-refractivity contribution in [2.24, 2.45) is 5.10 Å². The molecule has 0 atom stereocenters. The molecule has 34 heavy (non-hydrogen) atoms. The zero-order valence-corrected chi connectivity index (χ0v) is 20.0. The number of nitrogens with one attached hydrogen (secondary N) is 1. The van der Waals surface area contributed by atoms with Crippen LogP contribution in [-0.2, 0) is 4.79 Å². The van der Waals surface area contributed by atoms with E-state index in [1.54, 1.807) is 37.3 Å². The van der Waals surface area contributed by atoms with Crippen LogP contribution in [0.2, 0.25) is 10.0 Å². The van der Waals surface area contributed by atoms with Crippen molar-refractivity contribution in [1.29, 1.82) is 0 Å². The molecule has 0 aliphatic rings. The molecule has 0 fully saturated rings. The number of ether oxygens (including phenoxy) is 3. The van der Waals surface area contributed by atoms with Gasteiger partial charge in [0.2, 0.25) is 0 Å². The number of hydrogen-bond donors (Lipinski definition) is 1. The number of aryl methyl sites for hydroxylation is 1. The molecule has 0 saturated carbocycles. The van der Waals surface area contributed by atoms with Gasteiger partial charge in [-0.2, -0.15) is 5.10 Å². The lowest BCUT2D eigenvalue weighted by Crippen LogP contribution is -2.24. The van der Waals surface area contributed by atoms with Crippen LogP contribution in [0.1, 0.15) is 28.4 Å². The first kappa shape index (κ1) is 25.1. The minimum absolute atomic E-state index is 0.173. The van der Waals surface area contributed by atoms with E-state index in [0.717, 1.165) is 5.56 Å². The normalized spacial score (nSPS) is 10.7. The standard InChI is InChI=1S/C25H22Cl2N2O5/c1-3-32-23-12-17(14-28-29-24(30)15-33-19-6-4-5-16(2)11-19)7-10-22(23)34-25(31)20-9-8-18(26)13-21(20)27/h4-14H,3,15H2,1-2H3,(H,29,30). The number of benzene rings is 3. The number of amides is 1. The summed E-state index contributed by atoms with van der Waals surface area (Å²) in [5.74, 6) is 0.0909. The number of hydrazone groups is 1. The molecule has 0 heterocycles. The van der Waals surface area contributed by atoms with Gasteiger partial charge in [-0.05, 0) is 73.5 Å². The number of esters is 1. The van der Waals surface area contributed by atoms with Crippen molar-refractivity contribution in [3.05, 3.63) is 87.4 Å². The van der Waals surface area contributed by atoms with Gasteiger partial charge in [0.25, 0.3) is 5.91 Å². The molecule has 7 nitrogen and oxygen atoms in total. The Balaban J connectivity index is 1.62. The fourth-order valence-electron chi connectivity index (χ4n) is 2.83. The Kier molecular flexibility index (Phi) is 8.90. The highest BCUT2D eigenvalue weighted by molar-refractivity contribution is 6.36. The average Bonchev–Trinajstić information content (AvgIpc) is 2.79. The fourth-order valence-corrected chi connectivity index (χ4v) is 3.32. The molecule has 0 spiro atoms.